The second-order valence-corrected chi connectivity index (χ2v) is 5.71. The number of hydrogen-bond acceptors (Lipinski definition) is 3. The number of aromatic nitrogens is 2. The van der Waals surface area contributed by atoms with E-state index in [4.69, 9.17) is 14.5 Å². The highest BCUT2D eigenvalue weighted by atomic mass is 16.5. The van der Waals surface area contributed by atoms with E-state index in [2.05, 4.69) is 22.8 Å². The molecule has 0 saturated carbocycles. The third-order valence-corrected chi connectivity index (χ3v) is 4.31. The van der Waals surface area contributed by atoms with Crippen LogP contribution in [0.1, 0.15) is 37.6 Å². The Hall–Kier alpha value is -1.39. The summed E-state index contributed by atoms with van der Waals surface area (Å²) in [6, 6.07) is 8.36. The van der Waals surface area contributed by atoms with Crippen LogP contribution in [0.5, 0.6) is 0 Å². The van der Waals surface area contributed by atoms with Crippen LogP contribution in [0.25, 0.3) is 11.0 Å². The maximum atomic E-state index is 5.85. The Labute approximate surface area is 118 Å². The van der Waals surface area contributed by atoms with Gasteiger partial charge >= 0.3 is 0 Å². The summed E-state index contributed by atoms with van der Waals surface area (Å²) in [4.78, 5) is 4.82. The van der Waals surface area contributed by atoms with E-state index >= 15 is 0 Å². The zero-order valence-electron chi connectivity index (χ0n) is 11.6. The minimum atomic E-state index is 0.156. The minimum absolute atomic E-state index is 0.156. The first-order valence-electron chi connectivity index (χ1n) is 7.60. The van der Waals surface area contributed by atoms with Crippen LogP contribution in [0, 0.1) is 0 Å². The fourth-order valence-corrected chi connectivity index (χ4v) is 3.31. The predicted molar refractivity (Wildman–Crippen MR) is 76.6 cm³/mol. The molecular formula is C16H20N2O2. The van der Waals surface area contributed by atoms with Crippen LogP contribution in [0.4, 0.5) is 0 Å². The third kappa shape index (κ3) is 2.13. The molecule has 1 aromatic carbocycles. The van der Waals surface area contributed by atoms with Crippen LogP contribution in [-0.2, 0) is 16.0 Å². The smallest absolute Gasteiger partial charge is 0.139 e. The average Bonchev–Trinajstić information content (AvgIpc) is 3.19. The standard InChI is InChI=1S/C16H20N2O2/c1-2-7-14-13(6-1)17-16(15-8-4-10-20-15)18(14)11-12-5-3-9-19-12/h1-2,6-7,12,15H,3-5,8-11H2. The quantitative estimate of drug-likeness (QED) is 0.861. The number of fused-ring (bicyclic) bond motifs is 1. The average molecular weight is 272 g/mol. The van der Waals surface area contributed by atoms with Gasteiger partial charge < -0.3 is 14.0 Å². The molecule has 0 bridgehead atoms. The molecule has 2 unspecified atom stereocenters. The van der Waals surface area contributed by atoms with Crippen molar-refractivity contribution in [2.45, 2.75) is 44.4 Å². The Bertz CT molecular complexity index is 596. The van der Waals surface area contributed by atoms with Crippen molar-refractivity contribution in [3.8, 4) is 0 Å². The lowest BCUT2D eigenvalue weighted by atomic mass is 10.2. The summed E-state index contributed by atoms with van der Waals surface area (Å²) in [6.07, 6.45) is 5.02. The Kier molecular flexibility index (Phi) is 3.20. The van der Waals surface area contributed by atoms with Gasteiger partial charge in [0.2, 0.25) is 0 Å². The van der Waals surface area contributed by atoms with Crippen molar-refractivity contribution in [3.63, 3.8) is 0 Å². The zero-order chi connectivity index (χ0) is 13.4. The first-order chi connectivity index (χ1) is 9.92. The molecule has 2 atom stereocenters. The largest absolute Gasteiger partial charge is 0.376 e. The molecule has 2 aromatic rings. The molecule has 4 rings (SSSR count). The Morgan fingerprint density at radius 3 is 2.75 bits per heavy atom. The highest BCUT2D eigenvalue weighted by Crippen LogP contribution is 2.31. The van der Waals surface area contributed by atoms with Crippen molar-refractivity contribution in [1.82, 2.24) is 9.55 Å². The molecule has 3 heterocycles. The summed E-state index contributed by atoms with van der Waals surface area (Å²) in [5.41, 5.74) is 2.27. The number of hydrogen-bond donors (Lipinski definition) is 0. The summed E-state index contributed by atoms with van der Waals surface area (Å²) in [5.74, 6) is 1.08. The first-order valence-corrected chi connectivity index (χ1v) is 7.60. The van der Waals surface area contributed by atoms with E-state index in [1.165, 1.54) is 11.9 Å². The van der Waals surface area contributed by atoms with Crippen molar-refractivity contribution in [2.75, 3.05) is 13.2 Å². The number of ether oxygens (including phenoxy) is 2. The van der Waals surface area contributed by atoms with Gasteiger partial charge in [0, 0.05) is 13.2 Å². The highest BCUT2D eigenvalue weighted by molar-refractivity contribution is 5.76. The molecule has 0 spiro atoms. The van der Waals surface area contributed by atoms with Gasteiger partial charge in [-0.1, -0.05) is 12.1 Å². The van der Waals surface area contributed by atoms with Crippen LogP contribution in [0.3, 0.4) is 0 Å². The van der Waals surface area contributed by atoms with Gasteiger partial charge in [0.25, 0.3) is 0 Å². The lowest BCUT2D eigenvalue weighted by molar-refractivity contribution is 0.0837. The maximum Gasteiger partial charge on any atom is 0.139 e. The number of nitrogens with zero attached hydrogens (tertiary/aromatic N) is 2. The van der Waals surface area contributed by atoms with E-state index in [1.807, 2.05) is 6.07 Å². The number of benzene rings is 1. The van der Waals surface area contributed by atoms with Gasteiger partial charge in [-0.2, -0.15) is 0 Å². The molecule has 0 amide bonds. The van der Waals surface area contributed by atoms with Crippen molar-refractivity contribution in [3.05, 3.63) is 30.1 Å². The second-order valence-electron chi connectivity index (χ2n) is 5.71. The summed E-state index contributed by atoms with van der Waals surface area (Å²) >= 11 is 0. The Morgan fingerprint density at radius 1 is 1.10 bits per heavy atom. The Morgan fingerprint density at radius 2 is 1.95 bits per heavy atom. The first kappa shape index (κ1) is 12.4. The van der Waals surface area contributed by atoms with Gasteiger partial charge in [-0.25, -0.2) is 4.98 Å². The number of imidazole rings is 1. The molecule has 4 nitrogen and oxygen atoms in total. The summed E-state index contributed by atoms with van der Waals surface area (Å²) in [5, 5.41) is 0. The molecule has 2 saturated heterocycles. The van der Waals surface area contributed by atoms with Crippen LogP contribution in [0.2, 0.25) is 0 Å². The van der Waals surface area contributed by atoms with Crippen LogP contribution >= 0.6 is 0 Å². The molecule has 0 aliphatic carbocycles. The molecular weight excluding hydrogens is 252 g/mol. The summed E-state index contributed by atoms with van der Waals surface area (Å²) < 4.78 is 14.0. The lowest BCUT2D eigenvalue weighted by Gasteiger charge is -2.16. The van der Waals surface area contributed by atoms with Gasteiger partial charge in [-0.3, -0.25) is 0 Å². The predicted octanol–water partition coefficient (Wildman–Crippen LogP) is 3.07. The number of rotatable bonds is 3. The van der Waals surface area contributed by atoms with E-state index in [-0.39, 0.29) is 6.10 Å². The van der Waals surface area contributed by atoms with Gasteiger partial charge in [0.15, 0.2) is 0 Å². The highest BCUT2D eigenvalue weighted by Gasteiger charge is 2.26. The molecule has 106 valence electrons. The normalized spacial score (nSPS) is 26.6. The zero-order valence-corrected chi connectivity index (χ0v) is 11.6. The van der Waals surface area contributed by atoms with Gasteiger partial charge in [0.1, 0.15) is 11.9 Å². The SMILES string of the molecule is c1ccc2c(c1)nc(C1CCCO1)n2CC1CCCO1. The van der Waals surface area contributed by atoms with Gasteiger partial charge in [-0.05, 0) is 37.8 Å². The van der Waals surface area contributed by atoms with Crippen LogP contribution in [0.15, 0.2) is 24.3 Å². The van der Waals surface area contributed by atoms with Gasteiger partial charge in [0.05, 0.1) is 23.7 Å². The van der Waals surface area contributed by atoms with E-state index in [9.17, 15) is 0 Å². The molecule has 0 N–H and O–H groups in total. The molecule has 2 aliphatic heterocycles. The molecule has 2 aliphatic rings. The van der Waals surface area contributed by atoms with Crippen LogP contribution in [-0.4, -0.2) is 28.9 Å². The molecule has 20 heavy (non-hydrogen) atoms. The maximum absolute atomic E-state index is 5.85. The molecule has 0 radical (unpaired) electrons. The van der Waals surface area contributed by atoms with E-state index in [1.54, 1.807) is 0 Å². The minimum Gasteiger partial charge on any atom is -0.376 e. The van der Waals surface area contributed by atoms with Crippen molar-refractivity contribution in [1.29, 1.82) is 0 Å². The van der Waals surface area contributed by atoms with Crippen LogP contribution < -0.4 is 0 Å². The van der Waals surface area contributed by atoms with Gasteiger partial charge in [-0.15, -0.1) is 0 Å². The lowest BCUT2D eigenvalue weighted by Crippen LogP contribution is -2.18. The van der Waals surface area contributed by atoms with Crippen molar-refractivity contribution < 1.29 is 9.47 Å². The Balaban J connectivity index is 1.75. The molecule has 1 aromatic heterocycles. The fraction of sp³-hybridized carbons (Fsp3) is 0.562. The van der Waals surface area contributed by atoms with E-state index in [0.29, 0.717) is 6.10 Å². The van der Waals surface area contributed by atoms with E-state index < -0.39 is 0 Å². The van der Waals surface area contributed by atoms with E-state index in [0.717, 1.165) is 50.4 Å². The molecule has 2 fully saturated rings. The second kappa shape index (κ2) is 5.19. The van der Waals surface area contributed by atoms with Crippen molar-refractivity contribution in [2.24, 2.45) is 0 Å². The fourth-order valence-electron chi connectivity index (χ4n) is 3.31. The monoisotopic (exact) mass is 272 g/mol. The topological polar surface area (TPSA) is 36.3 Å². The number of para-hydroxylation sites is 2. The molecule has 4 heteroatoms. The van der Waals surface area contributed by atoms with Crippen molar-refractivity contribution >= 4 is 11.0 Å². The summed E-state index contributed by atoms with van der Waals surface area (Å²) in [7, 11) is 0. The summed E-state index contributed by atoms with van der Waals surface area (Å²) in [6.45, 7) is 2.65. The third-order valence-electron chi connectivity index (χ3n) is 4.31.